The number of aliphatic carboxylic acids is 1. The quantitative estimate of drug-likeness (QED) is 0.548. The number of hydrogen-bond acceptors (Lipinski definition) is 6. The Hall–Kier alpha value is -1.73. The molecule has 0 saturated carbocycles. The maximum absolute atomic E-state index is 11.5. The number of hydrogen-bond donors (Lipinski definition) is 2. The number of esters is 1. The van der Waals surface area contributed by atoms with Crippen LogP contribution in [0.2, 0.25) is 0 Å². The molecule has 110 valence electrons. The summed E-state index contributed by atoms with van der Waals surface area (Å²) in [6.07, 6.45) is 0. The molecule has 0 spiro atoms. The second-order valence-electron chi connectivity index (χ2n) is 3.84. The third kappa shape index (κ3) is 5.94. The average Bonchev–Trinajstić information content (AvgIpc) is 2.41. The van der Waals surface area contributed by atoms with Crippen molar-refractivity contribution in [1.82, 2.24) is 0 Å². The van der Waals surface area contributed by atoms with Crippen LogP contribution in [0, 0.1) is 0 Å². The molecule has 3 N–H and O–H groups in total. The summed E-state index contributed by atoms with van der Waals surface area (Å²) in [6, 6.07) is 5.71. The molecule has 0 heterocycles. The van der Waals surface area contributed by atoms with Gasteiger partial charge >= 0.3 is 11.9 Å². The van der Waals surface area contributed by atoms with Crippen molar-refractivity contribution in [1.29, 1.82) is 0 Å². The van der Waals surface area contributed by atoms with Gasteiger partial charge in [0.15, 0.2) is 0 Å². The van der Waals surface area contributed by atoms with Crippen molar-refractivity contribution < 1.29 is 24.2 Å². The van der Waals surface area contributed by atoms with Crippen molar-refractivity contribution in [2.45, 2.75) is 13.0 Å². The molecule has 6 nitrogen and oxygen atoms in total. The zero-order valence-corrected chi connectivity index (χ0v) is 11.9. The SMILES string of the molecule is CCOc1ccc(OC(=O)CSCC(N)C(=O)O)cc1. The molecule has 0 saturated heterocycles. The zero-order chi connectivity index (χ0) is 15.0. The van der Waals surface area contributed by atoms with E-state index in [0.717, 1.165) is 11.8 Å². The lowest BCUT2D eigenvalue weighted by Crippen LogP contribution is -2.32. The first-order valence-electron chi connectivity index (χ1n) is 6.02. The molecule has 0 bridgehead atoms. The minimum Gasteiger partial charge on any atom is -0.494 e. The topological polar surface area (TPSA) is 98.9 Å². The van der Waals surface area contributed by atoms with Crippen molar-refractivity contribution in [3.8, 4) is 11.5 Å². The molecule has 1 atom stereocenters. The van der Waals surface area contributed by atoms with Crippen molar-refractivity contribution in [3.63, 3.8) is 0 Å². The molecular formula is C13H17NO5S. The molecule has 0 amide bonds. The van der Waals surface area contributed by atoms with Crippen LogP contribution in [0.4, 0.5) is 0 Å². The Balaban J connectivity index is 2.33. The van der Waals surface area contributed by atoms with Gasteiger partial charge < -0.3 is 20.3 Å². The van der Waals surface area contributed by atoms with Crippen molar-refractivity contribution >= 4 is 23.7 Å². The molecule has 7 heteroatoms. The van der Waals surface area contributed by atoms with E-state index in [1.807, 2.05) is 6.92 Å². The van der Waals surface area contributed by atoms with E-state index in [0.29, 0.717) is 18.1 Å². The third-order valence-electron chi connectivity index (χ3n) is 2.20. The van der Waals surface area contributed by atoms with Crippen molar-refractivity contribution in [2.75, 3.05) is 18.1 Å². The molecule has 0 aliphatic carbocycles. The molecule has 0 aliphatic rings. The fourth-order valence-electron chi connectivity index (χ4n) is 1.27. The standard InChI is InChI=1S/C13H17NO5S/c1-2-18-9-3-5-10(6-4-9)19-12(15)8-20-7-11(14)13(16)17/h3-6,11H,2,7-8,14H2,1H3,(H,16,17). The minimum absolute atomic E-state index is 0.0498. The van der Waals surface area contributed by atoms with E-state index >= 15 is 0 Å². The molecule has 20 heavy (non-hydrogen) atoms. The van der Waals surface area contributed by atoms with Gasteiger partial charge in [0.05, 0.1) is 12.4 Å². The number of carboxylic acid groups (broad SMARTS) is 1. The van der Waals surface area contributed by atoms with E-state index in [2.05, 4.69) is 0 Å². The van der Waals surface area contributed by atoms with E-state index < -0.39 is 18.0 Å². The van der Waals surface area contributed by atoms with Crippen molar-refractivity contribution in [2.24, 2.45) is 5.73 Å². The van der Waals surface area contributed by atoms with E-state index in [-0.39, 0.29) is 11.5 Å². The van der Waals surface area contributed by atoms with Crippen LogP contribution in [-0.2, 0) is 9.59 Å². The predicted octanol–water partition coefficient (Wildman–Crippen LogP) is 1.14. The van der Waals surface area contributed by atoms with Crippen LogP contribution in [0.5, 0.6) is 11.5 Å². The van der Waals surface area contributed by atoms with Crippen LogP contribution in [0.1, 0.15) is 6.92 Å². The van der Waals surface area contributed by atoms with Gasteiger partial charge in [0.25, 0.3) is 0 Å². The normalized spacial score (nSPS) is 11.7. The molecule has 0 fully saturated rings. The Morgan fingerprint density at radius 3 is 2.45 bits per heavy atom. The third-order valence-corrected chi connectivity index (χ3v) is 3.24. The van der Waals surface area contributed by atoms with Crippen LogP contribution in [0.3, 0.4) is 0 Å². The molecule has 0 radical (unpaired) electrons. The van der Waals surface area contributed by atoms with E-state index in [1.54, 1.807) is 24.3 Å². The average molecular weight is 299 g/mol. The van der Waals surface area contributed by atoms with Gasteiger partial charge in [-0.2, -0.15) is 0 Å². The Kier molecular flexibility index (Phi) is 6.89. The van der Waals surface area contributed by atoms with E-state index in [9.17, 15) is 9.59 Å². The van der Waals surface area contributed by atoms with Gasteiger partial charge in [-0.1, -0.05) is 0 Å². The molecule has 1 unspecified atom stereocenters. The zero-order valence-electron chi connectivity index (χ0n) is 11.1. The Bertz CT molecular complexity index is 449. The van der Waals surface area contributed by atoms with Crippen LogP contribution < -0.4 is 15.2 Å². The van der Waals surface area contributed by atoms with Crippen molar-refractivity contribution in [3.05, 3.63) is 24.3 Å². The summed E-state index contributed by atoms with van der Waals surface area (Å²) in [6.45, 7) is 2.45. The van der Waals surface area contributed by atoms with Gasteiger partial charge in [-0.15, -0.1) is 11.8 Å². The summed E-state index contributed by atoms with van der Waals surface area (Å²) < 4.78 is 10.4. The first-order chi connectivity index (χ1) is 9.52. The maximum atomic E-state index is 11.5. The van der Waals surface area contributed by atoms with Gasteiger partial charge in [-0.05, 0) is 31.2 Å². The molecule has 1 aromatic rings. The van der Waals surface area contributed by atoms with Gasteiger partial charge in [0.2, 0.25) is 0 Å². The summed E-state index contributed by atoms with van der Waals surface area (Å²) in [5.74, 6) is -0.202. The summed E-state index contributed by atoms with van der Waals surface area (Å²) in [5.41, 5.74) is 5.31. The second-order valence-corrected chi connectivity index (χ2v) is 4.87. The highest BCUT2D eigenvalue weighted by Gasteiger charge is 2.13. The lowest BCUT2D eigenvalue weighted by Gasteiger charge is -2.07. The second kappa shape index (κ2) is 8.44. The highest BCUT2D eigenvalue weighted by molar-refractivity contribution is 8.00. The van der Waals surface area contributed by atoms with E-state index in [4.69, 9.17) is 20.3 Å². The van der Waals surface area contributed by atoms with E-state index in [1.165, 1.54) is 0 Å². The Morgan fingerprint density at radius 2 is 1.90 bits per heavy atom. The first-order valence-corrected chi connectivity index (χ1v) is 7.18. The first kappa shape index (κ1) is 16.3. The lowest BCUT2D eigenvalue weighted by atomic mass is 10.3. The fraction of sp³-hybridized carbons (Fsp3) is 0.385. The number of ether oxygens (including phenoxy) is 2. The van der Waals surface area contributed by atoms with Gasteiger partial charge in [-0.25, -0.2) is 0 Å². The molecule has 1 aromatic carbocycles. The van der Waals surface area contributed by atoms with Gasteiger partial charge in [0.1, 0.15) is 17.5 Å². The Labute approximate surface area is 121 Å². The molecule has 1 rings (SSSR count). The van der Waals surface area contributed by atoms with Gasteiger partial charge in [-0.3, -0.25) is 9.59 Å². The van der Waals surface area contributed by atoms with Crippen LogP contribution in [-0.4, -0.2) is 41.2 Å². The Morgan fingerprint density at radius 1 is 1.30 bits per heavy atom. The number of rotatable bonds is 8. The molecule has 0 aromatic heterocycles. The molecular weight excluding hydrogens is 282 g/mol. The summed E-state index contributed by atoms with van der Waals surface area (Å²) in [5, 5.41) is 8.59. The highest BCUT2D eigenvalue weighted by atomic mass is 32.2. The van der Waals surface area contributed by atoms with Crippen LogP contribution in [0.15, 0.2) is 24.3 Å². The largest absolute Gasteiger partial charge is 0.494 e. The van der Waals surface area contributed by atoms with Crippen LogP contribution in [0.25, 0.3) is 0 Å². The number of carboxylic acids is 1. The lowest BCUT2D eigenvalue weighted by molar-refractivity contribution is -0.138. The van der Waals surface area contributed by atoms with Crippen LogP contribution >= 0.6 is 11.8 Å². The highest BCUT2D eigenvalue weighted by Crippen LogP contribution is 2.18. The number of nitrogens with two attached hydrogens (primary N) is 1. The van der Waals surface area contributed by atoms with Gasteiger partial charge in [0, 0.05) is 5.75 Å². The number of thioether (sulfide) groups is 1. The summed E-state index contributed by atoms with van der Waals surface area (Å²) >= 11 is 1.12. The smallest absolute Gasteiger partial charge is 0.321 e. The summed E-state index contributed by atoms with van der Waals surface area (Å²) in [4.78, 5) is 22.0. The maximum Gasteiger partial charge on any atom is 0.321 e. The predicted molar refractivity (Wildman–Crippen MR) is 76.2 cm³/mol. The fourth-order valence-corrected chi connectivity index (χ4v) is 2.01. The monoisotopic (exact) mass is 299 g/mol. The number of benzene rings is 1. The number of carbonyl (C=O) groups is 2. The summed E-state index contributed by atoms with van der Waals surface area (Å²) in [7, 11) is 0. The number of carbonyl (C=O) groups excluding carboxylic acids is 1. The minimum atomic E-state index is -1.09. The molecule has 0 aliphatic heterocycles.